The molecule has 3 N–H and O–H groups in total. The molecule has 118 valence electrons. The van der Waals surface area contributed by atoms with Gasteiger partial charge in [0.2, 0.25) is 0 Å². The van der Waals surface area contributed by atoms with Crippen molar-refractivity contribution in [2.75, 3.05) is 6.54 Å². The number of nitrogens with zero attached hydrogens (tertiary/aromatic N) is 1. The molecule has 1 saturated carbocycles. The average Bonchev–Trinajstić information content (AvgIpc) is 3.27. The van der Waals surface area contributed by atoms with Crippen molar-refractivity contribution in [1.29, 1.82) is 0 Å². The number of benzene rings is 1. The summed E-state index contributed by atoms with van der Waals surface area (Å²) in [5.41, 5.74) is 7.70. The van der Waals surface area contributed by atoms with E-state index in [2.05, 4.69) is 10.5 Å². The van der Waals surface area contributed by atoms with Crippen molar-refractivity contribution in [3.63, 3.8) is 0 Å². The third-order valence-corrected chi connectivity index (χ3v) is 3.90. The van der Waals surface area contributed by atoms with Crippen LogP contribution in [0.2, 0.25) is 0 Å². The minimum atomic E-state index is -0.157. The highest BCUT2D eigenvalue weighted by atomic mass is 35.5. The quantitative estimate of drug-likeness (QED) is 0.886. The lowest BCUT2D eigenvalue weighted by Crippen LogP contribution is -2.42. The minimum Gasteiger partial charge on any atom is -0.360 e. The number of halogens is 1. The van der Waals surface area contributed by atoms with Crippen molar-refractivity contribution < 1.29 is 9.32 Å². The van der Waals surface area contributed by atoms with Gasteiger partial charge in [-0.3, -0.25) is 4.79 Å². The van der Waals surface area contributed by atoms with E-state index in [4.69, 9.17) is 10.3 Å². The number of carbonyl (C=O) groups is 1. The predicted molar refractivity (Wildman–Crippen MR) is 87.0 cm³/mol. The molecule has 1 aliphatic carbocycles. The maximum Gasteiger partial charge on any atom is 0.257 e. The second kappa shape index (κ2) is 6.94. The summed E-state index contributed by atoms with van der Waals surface area (Å²) in [6.45, 7) is 2.21. The van der Waals surface area contributed by atoms with Crippen LogP contribution >= 0.6 is 12.4 Å². The van der Waals surface area contributed by atoms with Gasteiger partial charge in [-0.15, -0.1) is 12.4 Å². The highest BCUT2D eigenvalue weighted by molar-refractivity contribution is 6.00. The first-order valence-electron chi connectivity index (χ1n) is 7.23. The Bertz CT molecular complexity index is 638. The zero-order chi connectivity index (χ0) is 14.8. The molecule has 1 aromatic heterocycles. The number of aryl methyl sites for hydroxylation is 1. The van der Waals surface area contributed by atoms with E-state index in [0.29, 0.717) is 29.5 Å². The average molecular weight is 322 g/mol. The fourth-order valence-corrected chi connectivity index (χ4v) is 2.54. The van der Waals surface area contributed by atoms with Crippen LogP contribution in [-0.2, 0) is 0 Å². The fraction of sp³-hybridized carbons (Fsp3) is 0.375. The monoisotopic (exact) mass is 321 g/mol. The molecule has 0 aliphatic heterocycles. The van der Waals surface area contributed by atoms with Crippen molar-refractivity contribution in [1.82, 2.24) is 10.5 Å². The first kappa shape index (κ1) is 16.5. The Morgan fingerprint density at radius 1 is 1.41 bits per heavy atom. The normalized spacial score (nSPS) is 15.0. The molecule has 0 spiro atoms. The van der Waals surface area contributed by atoms with Crippen molar-refractivity contribution in [2.24, 2.45) is 11.7 Å². The van der Waals surface area contributed by atoms with Gasteiger partial charge in [0.25, 0.3) is 5.91 Å². The van der Waals surface area contributed by atoms with Gasteiger partial charge in [0, 0.05) is 18.2 Å². The largest absolute Gasteiger partial charge is 0.360 e. The molecule has 0 bridgehead atoms. The number of aromatic nitrogens is 1. The molecule has 2 aromatic rings. The summed E-state index contributed by atoms with van der Waals surface area (Å²) in [5.74, 6) is 0.882. The van der Waals surface area contributed by atoms with Crippen molar-refractivity contribution in [3.05, 3.63) is 41.7 Å². The van der Waals surface area contributed by atoms with Crippen LogP contribution in [0, 0.1) is 12.8 Å². The van der Waals surface area contributed by atoms with Crippen LogP contribution in [0.25, 0.3) is 11.3 Å². The van der Waals surface area contributed by atoms with E-state index in [9.17, 15) is 4.79 Å². The van der Waals surface area contributed by atoms with Crippen LogP contribution in [0.5, 0.6) is 0 Å². The molecular formula is C16H20ClN3O2. The molecule has 1 unspecified atom stereocenters. The fourth-order valence-electron chi connectivity index (χ4n) is 2.54. The summed E-state index contributed by atoms with van der Waals surface area (Å²) in [6, 6.07) is 9.61. The number of nitrogens with one attached hydrogen (secondary N) is 1. The van der Waals surface area contributed by atoms with E-state index in [1.54, 1.807) is 6.92 Å². The van der Waals surface area contributed by atoms with Gasteiger partial charge in [-0.1, -0.05) is 35.5 Å². The molecule has 3 rings (SSSR count). The van der Waals surface area contributed by atoms with Gasteiger partial charge in [-0.05, 0) is 25.7 Å². The number of nitrogens with two attached hydrogens (primary N) is 1. The molecule has 1 aliphatic rings. The van der Waals surface area contributed by atoms with Crippen molar-refractivity contribution >= 4 is 18.3 Å². The minimum absolute atomic E-state index is 0. The predicted octanol–water partition coefficient (Wildman–Crippen LogP) is 2.54. The van der Waals surface area contributed by atoms with Gasteiger partial charge in [0.1, 0.15) is 17.0 Å². The van der Waals surface area contributed by atoms with Crippen molar-refractivity contribution in [2.45, 2.75) is 25.8 Å². The second-order valence-electron chi connectivity index (χ2n) is 5.48. The smallest absolute Gasteiger partial charge is 0.257 e. The molecule has 0 saturated heterocycles. The molecule has 1 heterocycles. The lowest BCUT2D eigenvalue weighted by molar-refractivity contribution is 0.0932. The Labute approximate surface area is 135 Å². The van der Waals surface area contributed by atoms with Crippen LogP contribution in [0.1, 0.15) is 29.0 Å². The highest BCUT2D eigenvalue weighted by Gasteiger charge is 2.32. The Hall–Kier alpha value is -1.85. The molecule has 1 fully saturated rings. The van der Waals surface area contributed by atoms with E-state index < -0.39 is 0 Å². The van der Waals surface area contributed by atoms with Gasteiger partial charge in [-0.2, -0.15) is 0 Å². The number of amides is 1. The van der Waals surface area contributed by atoms with Crippen molar-refractivity contribution in [3.8, 4) is 11.3 Å². The molecule has 1 atom stereocenters. The lowest BCUT2D eigenvalue weighted by Gasteiger charge is -2.15. The maximum absolute atomic E-state index is 12.6. The summed E-state index contributed by atoms with van der Waals surface area (Å²) in [5, 5.41) is 7.05. The van der Waals surface area contributed by atoms with Crippen LogP contribution in [0.3, 0.4) is 0 Å². The summed E-state index contributed by atoms with van der Waals surface area (Å²) in [4.78, 5) is 12.6. The van der Waals surface area contributed by atoms with Crippen LogP contribution in [0.4, 0.5) is 0 Å². The summed E-state index contributed by atoms with van der Waals surface area (Å²) >= 11 is 0. The first-order valence-corrected chi connectivity index (χ1v) is 7.23. The van der Waals surface area contributed by atoms with E-state index in [1.807, 2.05) is 30.3 Å². The van der Waals surface area contributed by atoms with Gasteiger partial charge in [-0.25, -0.2) is 0 Å². The first-order chi connectivity index (χ1) is 10.2. The zero-order valence-electron chi connectivity index (χ0n) is 12.4. The molecule has 5 nitrogen and oxygen atoms in total. The van der Waals surface area contributed by atoms with Crippen LogP contribution in [0.15, 0.2) is 34.9 Å². The molecule has 22 heavy (non-hydrogen) atoms. The standard InChI is InChI=1S/C16H19N3O2.ClH/c1-10-14(16(20)18-13(9-17)11-7-8-11)15(19-21-10)12-5-3-2-4-6-12;/h2-6,11,13H,7-9,17H2,1H3,(H,18,20);1H. The van der Waals surface area contributed by atoms with E-state index in [0.717, 1.165) is 18.4 Å². The SMILES string of the molecule is Cc1onc(-c2ccccc2)c1C(=O)NC(CN)C1CC1.Cl. The molecule has 1 amide bonds. The van der Waals surface area contributed by atoms with Gasteiger partial charge in [0.05, 0.1) is 0 Å². The Balaban J connectivity index is 0.00000176. The Kier molecular flexibility index (Phi) is 5.21. The summed E-state index contributed by atoms with van der Waals surface area (Å²) in [7, 11) is 0. The number of hydrogen-bond donors (Lipinski definition) is 2. The molecule has 0 radical (unpaired) electrons. The number of carbonyl (C=O) groups excluding carboxylic acids is 1. The number of hydrogen-bond acceptors (Lipinski definition) is 4. The Morgan fingerprint density at radius 3 is 2.68 bits per heavy atom. The van der Waals surface area contributed by atoms with Crippen LogP contribution in [-0.4, -0.2) is 23.7 Å². The zero-order valence-corrected chi connectivity index (χ0v) is 13.2. The number of rotatable bonds is 5. The third kappa shape index (κ3) is 3.31. The lowest BCUT2D eigenvalue weighted by atomic mass is 10.0. The van der Waals surface area contributed by atoms with Crippen LogP contribution < -0.4 is 11.1 Å². The molecule has 1 aromatic carbocycles. The van der Waals surface area contributed by atoms with E-state index in [-0.39, 0.29) is 24.4 Å². The molecule has 6 heteroatoms. The van der Waals surface area contributed by atoms with E-state index >= 15 is 0 Å². The van der Waals surface area contributed by atoms with Gasteiger partial charge in [0.15, 0.2) is 0 Å². The Morgan fingerprint density at radius 2 is 2.09 bits per heavy atom. The summed E-state index contributed by atoms with van der Waals surface area (Å²) in [6.07, 6.45) is 2.27. The highest BCUT2D eigenvalue weighted by Crippen LogP contribution is 2.33. The maximum atomic E-state index is 12.6. The third-order valence-electron chi connectivity index (χ3n) is 3.90. The van der Waals surface area contributed by atoms with E-state index in [1.165, 1.54) is 0 Å². The topological polar surface area (TPSA) is 81.2 Å². The molecular weight excluding hydrogens is 302 g/mol. The second-order valence-corrected chi connectivity index (χ2v) is 5.48. The van der Waals surface area contributed by atoms with Gasteiger partial charge >= 0.3 is 0 Å². The van der Waals surface area contributed by atoms with Gasteiger partial charge < -0.3 is 15.6 Å². The summed E-state index contributed by atoms with van der Waals surface area (Å²) < 4.78 is 5.22.